The van der Waals surface area contributed by atoms with Gasteiger partial charge in [-0.2, -0.15) is 0 Å². The second kappa shape index (κ2) is 16.0. The first-order valence-corrected chi connectivity index (χ1v) is 16.0. The van der Waals surface area contributed by atoms with E-state index in [2.05, 4.69) is 11.8 Å². The maximum Gasteiger partial charge on any atom is 0.340 e. The van der Waals surface area contributed by atoms with Gasteiger partial charge in [-0.1, -0.05) is 43.1 Å². The number of para-hydroxylation sites is 2. The van der Waals surface area contributed by atoms with Crippen molar-refractivity contribution < 1.29 is 33.6 Å². The molecular formula is C35H41ClN2O7. The van der Waals surface area contributed by atoms with Crippen molar-refractivity contribution in [3.8, 4) is 17.2 Å². The zero-order valence-corrected chi connectivity index (χ0v) is 26.4. The number of amides is 1. The van der Waals surface area contributed by atoms with Gasteiger partial charge in [0.25, 0.3) is 0 Å². The number of hydrogen-bond acceptors (Lipinski definition) is 8. The zero-order chi connectivity index (χ0) is 31.6. The molecule has 1 fully saturated rings. The van der Waals surface area contributed by atoms with E-state index < -0.39 is 18.3 Å². The van der Waals surface area contributed by atoms with E-state index in [4.69, 9.17) is 30.5 Å². The van der Waals surface area contributed by atoms with Crippen LogP contribution < -0.4 is 19.1 Å². The first-order chi connectivity index (χ1) is 21.9. The first-order valence-electron chi connectivity index (χ1n) is 15.6. The van der Waals surface area contributed by atoms with Gasteiger partial charge in [0.05, 0.1) is 24.5 Å². The van der Waals surface area contributed by atoms with Crippen molar-refractivity contribution >= 4 is 29.7 Å². The Morgan fingerprint density at radius 2 is 1.69 bits per heavy atom. The number of hydrogen-bond donors (Lipinski definition) is 1. The number of esters is 1. The molecule has 45 heavy (non-hydrogen) atoms. The van der Waals surface area contributed by atoms with Crippen LogP contribution in [0.1, 0.15) is 48.5 Å². The normalized spacial score (nSPS) is 17.4. The summed E-state index contributed by atoms with van der Waals surface area (Å²) in [6.07, 6.45) is 3.50. The second-order valence-electron chi connectivity index (χ2n) is 11.5. The van der Waals surface area contributed by atoms with Crippen LogP contribution in [0.2, 0.25) is 5.02 Å². The van der Waals surface area contributed by atoms with E-state index in [9.17, 15) is 14.7 Å². The van der Waals surface area contributed by atoms with Gasteiger partial charge in [0.2, 0.25) is 6.41 Å². The minimum absolute atomic E-state index is 0.102. The lowest BCUT2D eigenvalue weighted by molar-refractivity contribution is -0.109. The average Bonchev–Trinajstić information content (AvgIpc) is 3.41. The Morgan fingerprint density at radius 1 is 0.978 bits per heavy atom. The van der Waals surface area contributed by atoms with E-state index in [1.54, 1.807) is 42.5 Å². The number of halogens is 1. The summed E-state index contributed by atoms with van der Waals surface area (Å²) in [7, 11) is 0. The van der Waals surface area contributed by atoms with Crippen LogP contribution in [0.4, 0.5) is 5.69 Å². The number of ether oxygens (including phenoxy) is 4. The lowest BCUT2D eigenvalue weighted by atomic mass is 9.97. The molecular weight excluding hydrogens is 596 g/mol. The Balaban J connectivity index is 1.07. The van der Waals surface area contributed by atoms with Crippen molar-refractivity contribution in [2.24, 2.45) is 5.92 Å². The summed E-state index contributed by atoms with van der Waals surface area (Å²) >= 11 is 5.92. The van der Waals surface area contributed by atoms with Crippen LogP contribution in [0.15, 0.2) is 66.7 Å². The summed E-state index contributed by atoms with van der Waals surface area (Å²) in [6, 6.07) is 19.6. The number of carbonyl (C=O) groups excluding carboxylic acids is 2. The molecule has 2 unspecified atom stereocenters. The maximum absolute atomic E-state index is 12.7. The molecule has 3 aromatic carbocycles. The minimum atomic E-state index is -0.803. The Labute approximate surface area is 269 Å². The molecule has 0 bridgehead atoms. The molecule has 2 heterocycles. The van der Waals surface area contributed by atoms with Crippen molar-refractivity contribution in [2.45, 2.75) is 51.4 Å². The number of benzene rings is 3. The van der Waals surface area contributed by atoms with Crippen LogP contribution in [-0.4, -0.2) is 74.2 Å². The highest BCUT2D eigenvalue weighted by Crippen LogP contribution is 2.38. The van der Waals surface area contributed by atoms with Gasteiger partial charge in [-0.15, -0.1) is 0 Å². The van der Waals surface area contributed by atoms with Gasteiger partial charge in [0.15, 0.2) is 17.7 Å². The Bertz CT molecular complexity index is 1410. The number of aliphatic hydroxyl groups is 1. The van der Waals surface area contributed by atoms with Crippen LogP contribution in [0, 0.1) is 5.92 Å². The van der Waals surface area contributed by atoms with E-state index >= 15 is 0 Å². The standard InChI is InChI=1S/C35H41ClN2O7/c1-2-3-19-42-32-8-4-5-9-33(32)43-22-25-15-17-37(18-16-25)21-28(40)23-44-31-10-6-7-30-29(31)20-34(38(30)24-39)45-35(41)26-11-13-27(36)14-12-26/h4-14,24-25,28,34,40H,2-3,15-23H2,1H3. The molecule has 1 N–H and O–H groups in total. The fourth-order valence-electron chi connectivity index (χ4n) is 5.66. The van der Waals surface area contributed by atoms with Crippen molar-refractivity contribution in [1.29, 1.82) is 0 Å². The van der Waals surface area contributed by atoms with Gasteiger partial charge in [-0.05, 0) is 86.8 Å². The lowest BCUT2D eigenvalue weighted by Crippen LogP contribution is -2.41. The summed E-state index contributed by atoms with van der Waals surface area (Å²) in [6.45, 7) is 5.81. The molecule has 0 aromatic heterocycles. The van der Waals surface area contributed by atoms with Crippen molar-refractivity contribution in [2.75, 3.05) is 44.4 Å². The predicted molar refractivity (Wildman–Crippen MR) is 172 cm³/mol. The molecule has 2 atom stereocenters. The minimum Gasteiger partial charge on any atom is -0.490 e. The third kappa shape index (κ3) is 8.69. The number of anilines is 1. The Morgan fingerprint density at radius 3 is 2.40 bits per heavy atom. The van der Waals surface area contributed by atoms with E-state index in [0.29, 0.717) is 54.1 Å². The largest absolute Gasteiger partial charge is 0.490 e. The fourth-order valence-corrected chi connectivity index (χ4v) is 5.79. The van der Waals surface area contributed by atoms with Gasteiger partial charge < -0.3 is 29.0 Å². The highest BCUT2D eigenvalue weighted by molar-refractivity contribution is 6.30. The summed E-state index contributed by atoms with van der Waals surface area (Å²) in [5, 5.41) is 11.3. The highest BCUT2D eigenvalue weighted by Gasteiger charge is 2.34. The van der Waals surface area contributed by atoms with Crippen LogP contribution in [0.3, 0.4) is 0 Å². The van der Waals surface area contributed by atoms with E-state index in [1.807, 2.05) is 24.3 Å². The van der Waals surface area contributed by atoms with E-state index in [1.165, 1.54) is 4.90 Å². The predicted octanol–water partition coefficient (Wildman–Crippen LogP) is 5.75. The molecule has 10 heteroatoms. The van der Waals surface area contributed by atoms with Gasteiger partial charge in [-0.3, -0.25) is 9.69 Å². The van der Waals surface area contributed by atoms with Crippen LogP contribution in [0.25, 0.3) is 0 Å². The van der Waals surface area contributed by atoms with Crippen LogP contribution >= 0.6 is 11.6 Å². The highest BCUT2D eigenvalue weighted by atomic mass is 35.5. The number of carbonyl (C=O) groups is 2. The van der Waals surface area contributed by atoms with Gasteiger partial charge in [-0.25, -0.2) is 4.79 Å². The van der Waals surface area contributed by atoms with Crippen molar-refractivity contribution in [3.05, 3.63) is 82.9 Å². The molecule has 0 spiro atoms. The molecule has 0 aliphatic carbocycles. The van der Waals surface area contributed by atoms with Crippen LogP contribution in [0.5, 0.6) is 17.2 Å². The molecule has 9 nitrogen and oxygen atoms in total. The Hall–Kier alpha value is -3.79. The number of nitrogens with zero attached hydrogens (tertiary/aromatic N) is 2. The summed E-state index contributed by atoms with van der Waals surface area (Å²) in [4.78, 5) is 28.3. The number of piperidine rings is 1. The number of likely N-dealkylation sites (tertiary alicyclic amines) is 1. The van der Waals surface area contributed by atoms with Gasteiger partial charge >= 0.3 is 5.97 Å². The molecule has 2 aliphatic rings. The average molecular weight is 637 g/mol. The third-order valence-electron chi connectivity index (χ3n) is 8.20. The number of β-amino-alcohol motifs (C(OH)–C–C–N with tert-alkyl or cyclic N) is 1. The molecule has 1 amide bonds. The van der Waals surface area contributed by atoms with Crippen molar-refractivity contribution in [1.82, 2.24) is 4.90 Å². The van der Waals surface area contributed by atoms with Gasteiger partial charge in [0, 0.05) is 23.6 Å². The van der Waals surface area contributed by atoms with Crippen molar-refractivity contribution in [3.63, 3.8) is 0 Å². The quantitative estimate of drug-likeness (QED) is 0.128. The summed E-state index contributed by atoms with van der Waals surface area (Å²) < 4.78 is 23.8. The molecule has 3 aromatic rings. The fraction of sp³-hybridized carbons (Fsp3) is 0.429. The molecule has 5 rings (SSSR count). The second-order valence-corrected chi connectivity index (χ2v) is 11.9. The number of rotatable bonds is 15. The third-order valence-corrected chi connectivity index (χ3v) is 8.45. The topological polar surface area (TPSA) is 97.8 Å². The SMILES string of the molecule is CCCCOc1ccccc1OCC1CCN(CC(O)COc2cccc3c2CC(OC(=O)c2ccc(Cl)cc2)N3C=O)CC1. The number of unbranched alkanes of at least 4 members (excludes halogenated alkanes) is 1. The maximum atomic E-state index is 12.7. The molecule has 2 aliphatic heterocycles. The molecule has 240 valence electrons. The first kappa shape index (κ1) is 32.6. The van der Waals surface area contributed by atoms with Gasteiger partial charge in [0.1, 0.15) is 18.5 Å². The zero-order valence-electron chi connectivity index (χ0n) is 25.6. The van der Waals surface area contributed by atoms with E-state index in [-0.39, 0.29) is 13.0 Å². The van der Waals surface area contributed by atoms with Crippen LogP contribution in [-0.2, 0) is 16.0 Å². The number of aliphatic hydroxyl groups excluding tert-OH is 1. The monoisotopic (exact) mass is 636 g/mol. The Kier molecular flexibility index (Phi) is 11.6. The molecule has 1 saturated heterocycles. The lowest BCUT2D eigenvalue weighted by Gasteiger charge is -2.33. The summed E-state index contributed by atoms with van der Waals surface area (Å²) in [5.41, 5.74) is 1.71. The van der Waals surface area contributed by atoms with E-state index in [0.717, 1.165) is 55.8 Å². The smallest absolute Gasteiger partial charge is 0.340 e. The number of fused-ring (bicyclic) bond motifs is 1. The summed E-state index contributed by atoms with van der Waals surface area (Å²) in [5.74, 6) is 2.03. The molecule has 0 radical (unpaired) electrons. The molecule has 0 saturated carbocycles.